The van der Waals surface area contributed by atoms with Crippen LogP contribution in [-0.4, -0.2) is 4.57 Å². The van der Waals surface area contributed by atoms with Crippen molar-refractivity contribution < 1.29 is 0 Å². The third-order valence-corrected chi connectivity index (χ3v) is 7.96. The lowest BCUT2D eigenvalue weighted by Crippen LogP contribution is -1.97. The molecule has 0 spiro atoms. The first-order chi connectivity index (χ1) is 16.8. The molecule has 0 fully saturated rings. The molecule has 1 aliphatic rings. The minimum absolute atomic E-state index is 0.959. The summed E-state index contributed by atoms with van der Waals surface area (Å²) in [5.74, 6) is 0. The maximum Gasteiger partial charge on any atom is 0.0540 e. The van der Waals surface area contributed by atoms with E-state index in [9.17, 15) is 0 Å². The number of nitrogens with zero attached hydrogens (tertiary/aromatic N) is 1. The van der Waals surface area contributed by atoms with E-state index in [0.29, 0.717) is 0 Å². The van der Waals surface area contributed by atoms with Gasteiger partial charge in [-0.1, -0.05) is 91.0 Å². The summed E-state index contributed by atoms with van der Waals surface area (Å²) < 4.78 is 2.57. The molecule has 1 nitrogen and oxygen atoms in total. The van der Waals surface area contributed by atoms with E-state index in [4.69, 9.17) is 0 Å². The molecule has 1 heteroatoms. The van der Waals surface area contributed by atoms with Gasteiger partial charge in [0.15, 0.2) is 0 Å². The number of hydrogen-bond acceptors (Lipinski definition) is 0. The number of hydrogen-bond donors (Lipinski definition) is 0. The van der Waals surface area contributed by atoms with Crippen LogP contribution in [0.15, 0.2) is 97.1 Å². The van der Waals surface area contributed by atoms with Crippen molar-refractivity contribution in [2.24, 2.45) is 0 Å². The highest BCUT2D eigenvalue weighted by molar-refractivity contribution is 6.31. The molecule has 8 rings (SSSR count). The molecule has 0 N–H and O–H groups in total. The van der Waals surface area contributed by atoms with E-state index < -0.39 is 0 Å². The van der Waals surface area contributed by atoms with Gasteiger partial charge in [-0.25, -0.2) is 0 Å². The number of fused-ring (bicyclic) bond motifs is 14. The Balaban J connectivity index is 1.68. The van der Waals surface area contributed by atoms with Crippen LogP contribution in [0.2, 0.25) is 0 Å². The van der Waals surface area contributed by atoms with Crippen LogP contribution in [0.3, 0.4) is 0 Å². The maximum absolute atomic E-state index is 2.57. The van der Waals surface area contributed by atoms with Gasteiger partial charge in [0, 0.05) is 29.3 Å². The Hall–Kier alpha value is -4.10. The predicted molar refractivity (Wildman–Crippen MR) is 146 cm³/mol. The minimum Gasteiger partial charge on any atom is -0.340 e. The number of aryl methyl sites for hydroxylation is 1. The van der Waals surface area contributed by atoms with E-state index in [1.54, 1.807) is 0 Å². The summed E-state index contributed by atoms with van der Waals surface area (Å²) in [4.78, 5) is 0. The predicted octanol–water partition coefficient (Wildman–Crippen LogP) is 8.85. The van der Waals surface area contributed by atoms with Gasteiger partial charge in [0.25, 0.3) is 0 Å². The highest BCUT2D eigenvalue weighted by Gasteiger charge is 2.29. The highest BCUT2D eigenvalue weighted by atomic mass is 15.0. The van der Waals surface area contributed by atoms with Gasteiger partial charge >= 0.3 is 0 Å². The molecule has 34 heavy (non-hydrogen) atoms. The molecule has 0 aliphatic heterocycles. The Bertz CT molecular complexity index is 1970. The molecular formula is C33H23N. The van der Waals surface area contributed by atoms with Crippen molar-refractivity contribution in [1.29, 1.82) is 0 Å². The Morgan fingerprint density at radius 2 is 1.24 bits per heavy atom. The van der Waals surface area contributed by atoms with Crippen LogP contribution in [0.1, 0.15) is 18.1 Å². The van der Waals surface area contributed by atoms with Gasteiger partial charge in [0.2, 0.25) is 0 Å². The van der Waals surface area contributed by atoms with Crippen molar-refractivity contribution in [3.63, 3.8) is 0 Å². The SMILES string of the molecule is CCn1c2ccc3ccccc3c2c2c3ccccc3c3c(c21)Cc1ccc2ccccc2c1-3. The molecule has 0 radical (unpaired) electrons. The summed E-state index contributed by atoms with van der Waals surface area (Å²) >= 11 is 0. The van der Waals surface area contributed by atoms with Gasteiger partial charge in [-0.15, -0.1) is 0 Å². The lowest BCUT2D eigenvalue weighted by atomic mass is 9.91. The minimum atomic E-state index is 0.959. The van der Waals surface area contributed by atoms with E-state index in [1.807, 2.05) is 0 Å². The van der Waals surface area contributed by atoms with Gasteiger partial charge in [-0.05, 0) is 67.6 Å². The van der Waals surface area contributed by atoms with E-state index in [0.717, 1.165) is 13.0 Å². The first kappa shape index (κ1) is 18.3. The Kier molecular flexibility index (Phi) is 3.50. The van der Waals surface area contributed by atoms with Crippen molar-refractivity contribution in [1.82, 2.24) is 4.57 Å². The smallest absolute Gasteiger partial charge is 0.0540 e. The third-order valence-electron chi connectivity index (χ3n) is 7.96. The monoisotopic (exact) mass is 433 g/mol. The van der Waals surface area contributed by atoms with Crippen molar-refractivity contribution in [3.8, 4) is 11.1 Å². The summed E-state index contributed by atoms with van der Waals surface area (Å²) in [5, 5.41) is 10.9. The fourth-order valence-corrected chi connectivity index (χ4v) is 6.63. The van der Waals surface area contributed by atoms with Crippen molar-refractivity contribution in [2.75, 3.05) is 0 Å². The summed E-state index contributed by atoms with van der Waals surface area (Å²) in [5.41, 5.74) is 8.57. The van der Waals surface area contributed by atoms with Crippen LogP contribution >= 0.6 is 0 Å². The van der Waals surface area contributed by atoms with Crippen LogP contribution in [-0.2, 0) is 13.0 Å². The fourth-order valence-electron chi connectivity index (χ4n) is 6.63. The van der Waals surface area contributed by atoms with Crippen LogP contribution in [0.25, 0.3) is 65.3 Å². The molecule has 0 saturated carbocycles. The lowest BCUT2D eigenvalue weighted by Gasteiger charge is -2.13. The Morgan fingerprint density at radius 1 is 0.588 bits per heavy atom. The zero-order chi connectivity index (χ0) is 22.4. The fraction of sp³-hybridized carbons (Fsp3) is 0.0909. The van der Waals surface area contributed by atoms with Crippen LogP contribution < -0.4 is 0 Å². The van der Waals surface area contributed by atoms with Gasteiger partial charge in [0.1, 0.15) is 0 Å². The second-order valence-corrected chi connectivity index (χ2v) is 9.55. The molecule has 0 amide bonds. The van der Waals surface area contributed by atoms with Crippen molar-refractivity contribution in [3.05, 3.63) is 108 Å². The van der Waals surface area contributed by atoms with Crippen molar-refractivity contribution >= 4 is 54.1 Å². The first-order valence-electron chi connectivity index (χ1n) is 12.2. The standard InChI is InChI=1S/C33H23N/c1-2-34-28-18-17-21-10-4-6-12-24(21)31(28)32-26-14-8-7-13-25(26)30-27(33(32)34)19-22-16-15-20-9-3-5-11-23(20)29(22)30/h3-18H,2,19H2,1H3. The molecule has 6 aromatic carbocycles. The first-order valence-corrected chi connectivity index (χ1v) is 12.2. The summed E-state index contributed by atoms with van der Waals surface area (Å²) in [7, 11) is 0. The average Bonchev–Trinajstić information content (AvgIpc) is 3.45. The van der Waals surface area contributed by atoms with E-state index in [1.165, 1.54) is 76.4 Å². The molecule has 0 unspecified atom stereocenters. The molecule has 0 atom stereocenters. The molecule has 0 bridgehead atoms. The third kappa shape index (κ3) is 2.15. The van der Waals surface area contributed by atoms with E-state index >= 15 is 0 Å². The second kappa shape index (κ2) is 6.48. The largest absolute Gasteiger partial charge is 0.340 e. The Labute approximate surface area is 197 Å². The summed E-state index contributed by atoms with van der Waals surface area (Å²) in [6.07, 6.45) is 0.991. The van der Waals surface area contributed by atoms with Gasteiger partial charge in [0.05, 0.1) is 5.52 Å². The molecule has 0 saturated heterocycles. The number of benzene rings is 6. The summed E-state index contributed by atoms with van der Waals surface area (Å²) in [6, 6.07) is 36.1. The molecule has 1 aromatic heterocycles. The van der Waals surface area contributed by atoms with Crippen LogP contribution in [0, 0.1) is 0 Å². The molecular weight excluding hydrogens is 410 g/mol. The normalized spacial score (nSPS) is 12.9. The zero-order valence-electron chi connectivity index (χ0n) is 19.1. The van der Waals surface area contributed by atoms with E-state index in [-0.39, 0.29) is 0 Å². The van der Waals surface area contributed by atoms with Gasteiger partial charge in [-0.3, -0.25) is 0 Å². The maximum atomic E-state index is 2.57. The average molecular weight is 434 g/mol. The van der Waals surface area contributed by atoms with E-state index in [2.05, 4.69) is 109 Å². The van der Waals surface area contributed by atoms with Gasteiger partial charge in [-0.2, -0.15) is 0 Å². The Morgan fingerprint density at radius 3 is 2.03 bits per heavy atom. The van der Waals surface area contributed by atoms with Crippen LogP contribution in [0.5, 0.6) is 0 Å². The lowest BCUT2D eigenvalue weighted by molar-refractivity contribution is 0.824. The topological polar surface area (TPSA) is 4.93 Å². The van der Waals surface area contributed by atoms with Crippen molar-refractivity contribution in [2.45, 2.75) is 19.9 Å². The molecule has 1 heterocycles. The number of aromatic nitrogens is 1. The molecule has 1 aliphatic carbocycles. The molecule has 160 valence electrons. The quantitative estimate of drug-likeness (QED) is 0.244. The second-order valence-electron chi connectivity index (χ2n) is 9.55. The van der Waals surface area contributed by atoms with Gasteiger partial charge < -0.3 is 4.57 Å². The van der Waals surface area contributed by atoms with Crippen LogP contribution in [0.4, 0.5) is 0 Å². The molecule has 7 aromatic rings. The highest BCUT2D eigenvalue weighted by Crippen LogP contribution is 2.51. The number of rotatable bonds is 1. The summed E-state index contributed by atoms with van der Waals surface area (Å²) in [6.45, 7) is 3.24. The zero-order valence-corrected chi connectivity index (χ0v) is 19.1.